The summed E-state index contributed by atoms with van der Waals surface area (Å²) in [6, 6.07) is 1.70. The number of aromatic nitrogens is 1. The molecule has 0 spiro atoms. The number of hydrogen-bond donors (Lipinski definition) is 2. The van der Waals surface area contributed by atoms with Crippen LogP contribution in [0.4, 0.5) is 0 Å². The van der Waals surface area contributed by atoms with E-state index in [1.807, 2.05) is 0 Å². The highest BCUT2D eigenvalue weighted by molar-refractivity contribution is 5.95. The normalized spacial score (nSPS) is 10.1. The molecule has 1 rings (SSSR count). The van der Waals surface area contributed by atoms with Crippen LogP contribution < -0.4 is 10.9 Å². The van der Waals surface area contributed by atoms with Crippen molar-refractivity contribution in [2.24, 2.45) is 0 Å². The predicted molar refractivity (Wildman–Crippen MR) is 60.6 cm³/mol. The van der Waals surface area contributed by atoms with Gasteiger partial charge in [-0.15, -0.1) is 0 Å². The molecule has 0 aliphatic rings. The van der Waals surface area contributed by atoms with Crippen molar-refractivity contribution >= 4 is 5.91 Å². The second-order valence-electron chi connectivity index (χ2n) is 3.47. The molecular weight excluding hydrogens is 208 g/mol. The molecule has 0 aromatic carbocycles. The van der Waals surface area contributed by atoms with E-state index in [4.69, 9.17) is 4.74 Å². The number of methoxy groups -OCH3 is 1. The molecule has 2 N–H and O–H groups in total. The predicted octanol–water partition coefficient (Wildman–Crippen LogP) is 0.450. The third-order valence-electron chi connectivity index (χ3n) is 2.21. The quantitative estimate of drug-likeness (QED) is 0.713. The Morgan fingerprint density at radius 1 is 1.56 bits per heavy atom. The Morgan fingerprint density at radius 2 is 2.31 bits per heavy atom. The Kier molecular flexibility index (Phi) is 4.72. The van der Waals surface area contributed by atoms with Crippen molar-refractivity contribution in [1.82, 2.24) is 10.3 Å². The van der Waals surface area contributed by atoms with Crippen LogP contribution in [0.3, 0.4) is 0 Å². The summed E-state index contributed by atoms with van der Waals surface area (Å²) < 4.78 is 4.86. The van der Waals surface area contributed by atoms with Crippen LogP contribution in [-0.2, 0) is 4.74 Å². The van der Waals surface area contributed by atoms with Gasteiger partial charge in [0.2, 0.25) is 0 Å². The lowest BCUT2D eigenvalue weighted by atomic mass is 10.1. The third kappa shape index (κ3) is 3.20. The first-order valence-corrected chi connectivity index (χ1v) is 5.12. The van der Waals surface area contributed by atoms with E-state index in [9.17, 15) is 9.59 Å². The average molecular weight is 224 g/mol. The fourth-order valence-electron chi connectivity index (χ4n) is 1.37. The van der Waals surface area contributed by atoms with E-state index in [1.54, 1.807) is 20.1 Å². The van der Waals surface area contributed by atoms with Crippen LogP contribution in [0.1, 0.15) is 22.3 Å². The van der Waals surface area contributed by atoms with Crippen molar-refractivity contribution in [1.29, 1.82) is 0 Å². The maximum absolute atomic E-state index is 11.7. The maximum Gasteiger partial charge on any atom is 0.261 e. The molecule has 16 heavy (non-hydrogen) atoms. The van der Waals surface area contributed by atoms with Gasteiger partial charge in [0.05, 0.1) is 0 Å². The lowest BCUT2D eigenvalue weighted by Crippen LogP contribution is -2.31. The van der Waals surface area contributed by atoms with E-state index in [0.29, 0.717) is 18.7 Å². The van der Waals surface area contributed by atoms with Crippen molar-refractivity contribution in [3.8, 4) is 0 Å². The number of amides is 1. The highest BCUT2D eigenvalue weighted by Gasteiger charge is 2.12. The second kappa shape index (κ2) is 6.07. The number of hydrogen-bond acceptors (Lipinski definition) is 3. The van der Waals surface area contributed by atoms with Gasteiger partial charge in [0.25, 0.3) is 11.5 Å². The van der Waals surface area contributed by atoms with Gasteiger partial charge in [-0.2, -0.15) is 0 Å². The van der Waals surface area contributed by atoms with Gasteiger partial charge in [-0.05, 0) is 25.0 Å². The van der Waals surface area contributed by atoms with Gasteiger partial charge in [0, 0.05) is 26.5 Å². The number of carbonyl (C=O) groups is 1. The van der Waals surface area contributed by atoms with Crippen molar-refractivity contribution in [3.63, 3.8) is 0 Å². The number of aryl methyl sites for hydroxylation is 1. The van der Waals surface area contributed by atoms with Crippen molar-refractivity contribution in [3.05, 3.63) is 33.7 Å². The Labute approximate surface area is 93.8 Å². The zero-order valence-corrected chi connectivity index (χ0v) is 9.50. The number of pyridine rings is 1. The maximum atomic E-state index is 11.7. The van der Waals surface area contributed by atoms with E-state index in [-0.39, 0.29) is 17.0 Å². The summed E-state index contributed by atoms with van der Waals surface area (Å²) in [5.41, 5.74) is 0.497. The lowest BCUT2D eigenvalue weighted by molar-refractivity contribution is 0.0946. The van der Waals surface area contributed by atoms with E-state index < -0.39 is 0 Å². The van der Waals surface area contributed by atoms with Crippen LogP contribution in [0.15, 0.2) is 17.1 Å². The van der Waals surface area contributed by atoms with E-state index in [1.165, 1.54) is 6.20 Å². The molecular formula is C11H16N2O3. The molecule has 0 bridgehead atoms. The highest BCUT2D eigenvalue weighted by Crippen LogP contribution is 1.99. The van der Waals surface area contributed by atoms with E-state index in [0.717, 1.165) is 6.42 Å². The third-order valence-corrected chi connectivity index (χ3v) is 2.21. The summed E-state index contributed by atoms with van der Waals surface area (Å²) in [6.45, 7) is 2.82. The zero-order valence-electron chi connectivity index (χ0n) is 9.50. The SMILES string of the molecule is COCCCNC(=O)c1c(C)cc[nH]c1=O. The number of ether oxygens (including phenoxy) is 1. The van der Waals surface area contributed by atoms with Gasteiger partial charge in [-0.3, -0.25) is 9.59 Å². The van der Waals surface area contributed by atoms with Gasteiger partial charge in [-0.25, -0.2) is 0 Å². The molecule has 1 heterocycles. The minimum absolute atomic E-state index is 0.180. The van der Waals surface area contributed by atoms with Crippen LogP contribution in [0.25, 0.3) is 0 Å². The molecule has 0 aliphatic heterocycles. The average Bonchev–Trinajstić information content (AvgIpc) is 2.24. The Hall–Kier alpha value is -1.62. The van der Waals surface area contributed by atoms with Crippen molar-refractivity contribution in [2.45, 2.75) is 13.3 Å². The molecule has 88 valence electrons. The number of H-pyrrole nitrogens is 1. The minimum atomic E-state index is -0.357. The summed E-state index contributed by atoms with van der Waals surface area (Å²) in [7, 11) is 1.61. The second-order valence-corrected chi connectivity index (χ2v) is 3.47. The van der Waals surface area contributed by atoms with E-state index >= 15 is 0 Å². The number of aromatic amines is 1. The first-order chi connectivity index (χ1) is 7.66. The summed E-state index contributed by atoms with van der Waals surface area (Å²) in [5.74, 6) is -0.338. The minimum Gasteiger partial charge on any atom is -0.385 e. The molecule has 0 atom stereocenters. The van der Waals surface area contributed by atoms with Crippen LogP contribution in [0.5, 0.6) is 0 Å². The fraction of sp³-hybridized carbons (Fsp3) is 0.455. The topological polar surface area (TPSA) is 71.2 Å². The van der Waals surface area contributed by atoms with Crippen LogP contribution in [-0.4, -0.2) is 31.2 Å². The number of rotatable bonds is 5. The monoisotopic (exact) mass is 224 g/mol. The van der Waals surface area contributed by atoms with Crippen LogP contribution in [0, 0.1) is 6.92 Å². The Bertz CT molecular complexity index is 412. The van der Waals surface area contributed by atoms with E-state index in [2.05, 4.69) is 10.3 Å². The van der Waals surface area contributed by atoms with Crippen molar-refractivity contribution < 1.29 is 9.53 Å². The molecule has 0 aliphatic carbocycles. The molecule has 0 saturated heterocycles. The van der Waals surface area contributed by atoms with Gasteiger partial charge in [-0.1, -0.05) is 0 Å². The van der Waals surface area contributed by atoms with Gasteiger partial charge in [0.1, 0.15) is 5.56 Å². The molecule has 1 amide bonds. The first kappa shape index (κ1) is 12.4. The molecule has 5 heteroatoms. The Balaban J connectivity index is 2.63. The zero-order chi connectivity index (χ0) is 12.0. The highest BCUT2D eigenvalue weighted by atomic mass is 16.5. The number of carbonyl (C=O) groups excluding carboxylic acids is 1. The summed E-state index contributed by atoms with van der Waals surface area (Å²) in [6.07, 6.45) is 2.26. The summed E-state index contributed by atoms with van der Waals surface area (Å²) >= 11 is 0. The van der Waals surface area contributed by atoms with Crippen LogP contribution >= 0.6 is 0 Å². The largest absolute Gasteiger partial charge is 0.385 e. The molecule has 0 saturated carbocycles. The lowest BCUT2D eigenvalue weighted by Gasteiger charge is -2.05. The standard InChI is InChI=1S/C11H16N2O3/c1-8-4-6-13-11(15)9(8)10(14)12-5-3-7-16-2/h4,6H,3,5,7H2,1-2H3,(H,12,14)(H,13,15). The molecule has 0 fully saturated rings. The molecule has 5 nitrogen and oxygen atoms in total. The van der Waals surface area contributed by atoms with Gasteiger partial charge < -0.3 is 15.0 Å². The first-order valence-electron chi connectivity index (χ1n) is 5.12. The molecule has 0 unspecified atom stereocenters. The molecule has 1 aromatic heterocycles. The summed E-state index contributed by atoms with van der Waals surface area (Å²) in [4.78, 5) is 25.6. The Morgan fingerprint density at radius 3 is 2.94 bits per heavy atom. The molecule has 1 aromatic rings. The fourth-order valence-corrected chi connectivity index (χ4v) is 1.37. The number of nitrogens with one attached hydrogen (secondary N) is 2. The van der Waals surface area contributed by atoms with Crippen molar-refractivity contribution in [2.75, 3.05) is 20.3 Å². The van der Waals surface area contributed by atoms with Gasteiger partial charge in [0.15, 0.2) is 0 Å². The van der Waals surface area contributed by atoms with Gasteiger partial charge >= 0.3 is 0 Å². The smallest absolute Gasteiger partial charge is 0.261 e. The molecule has 0 radical (unpaired) electrons. The van der Waals surface area contributed by atoms with Crippen LogP contribution in [0.2, 0.25) is 0 Å². The summed E-state index contributed by atoms with van der Waals surface area (Å²) in [5, 5.41) is 2.68.